The van der Waals surface area contributed by atoms with Gasteiger partial charge in [0.1, 0.15) is 11.5 Å². The maximum absolute atomic E-state index is 5.53. The van der Waals surface area contributed by atoms with Gasteiger partial charge in [0.05, 0.1) is 18.7 Å². The van der Waals surface area contributed by atoms with Gasteiger partial charge in [0.15, 0.2) is 0 Å². The third-order valence-electron chi connectivity index (χ3n) is 4.16. The number of nitrogens with zero attached hydrogens (tertiary/aromatic N) is 1. The van der Waals surface area contributed by atoms with Crippen molar-refractivity contribution in [1.29, 1.82) is 0 Å². The molecule has 0 atom stereocenters. The number of benzene rings is 1. The maximum Gasteiger partial charge on any atom is 0.133 e. The van der Waals surface area contributed by atoms with Crippen LogP contribution in [0.5, 0.6) is 11.5 Å². The monoisotopic (exact) mass is 356 g/mol. The first-order chi connectivity index (χ1) is 10.2. The summed E-state index contributed by atoms with van der Waals surface area (Å²) in [6.07, 6.45) is 2.42. The molecule has 1 fully saturated rings. The van der Waals surface area contributed by atoms with Crippen LogP contribution in [0.4, 0.5) is 0 Å². The molecule has 2 rings (SSSR count). The van der Waals surface area contributed by atoms with Crippen LogP contribution in [0.1, 0.15) is 25.3 Å². The van der Waals surface area contributed by atoms with Crippen molar-refractivity contribution < 1.29 is 9.47 Å². The van der Waals surface area contributed by atoms with Crippen molar-refractivity contribution in [3.05, 3.63) is 22.2 Å². The molecule has 0 aliphatic carbocycles. The van der Waals surface area contributed by atoms with Gasteiger partial charge in [-0.2, -0.15) is 0 Å². The van der Waals surface area contributed by atoms with E-state index in [1.54, 1.807) is 14.2 Å². The summed E-state index contributed by atoms with van der Waals surface area (Å²) in [5, 5.41) is 3.43. The van der Waals surface area contributed by atoms with Crippen LogP contribution in [0.25, 0.3) is 0 Å². The van der Waals surface area contributed by atoms with Crippen LogP contribution in [0, 0.1) is 0 Å². The van der Waals surface area contributed by atoms with Crippen LogP contribution < -0.4 is 14.8 Å². The Labute approximate surface area is 135 Å². The summed E-state index contributed by atoms with van der Waals surface area (Å²) in [5.74, 6) is 1.77. The van der Waals surface area contributed by atoms with E-state index in [0.29, 0.717) is 6.04 Å². The second-order valence-corrected chi connectivity index (χ2v) is 6.20. The highest BCUT2D eigenvalue weighted by Crippen LogP contribution is 2.34. The van der Waals surface area contributed by atoms with E-state index < -0.39 is 0 Å². The van der Waals surface area contributed by atoms with E-state index in [1.807, 2.05) is 6.07 Å². The van der Waals surface area contributed by atoms with Gasteiger partial charge in [-0.05, 0) is 60.5 Å². The minimum absolute atomic E-state index is 0.649. The van der Waals surface area contributed by atoms with E-state index in [-0.39, 0.29) is 0 Å². The molecule has 5 heteroatoms. The number of piperidine rings is 1. The molecule has 0 aromatic heterocycles. The first kappa shape index (κ1) is 16.6. The lowest BCUT2D eigenvalue weighted by atomic mass is 10.0. The van der Waals surface area contributed by atoms with Crippen molar-refractivity contribution in [3.8, 4) is 11.5 Å². The largest absolute Gasteiger partial charge is 0.496 e. The number of rotatable bonds is 6. The molecule has 1 aliphatic rings. The summed E-state index contributed by atoms with van der Waals surface area (Å²) in [6.45, 7) is 6.40. The van der Waals surface area contributed by atoms with Crippen molar-refractivity contribution in [3.63, 3.8) is 0 Å². The zero-order chi connectivity index (χ0) is 15.2. The summed E-state index contributed by atoms with van der Waals surface area (Å²) in [4.78, 5) is 2.53. The van der Waals surface area contributed by atoms with Gasteiger partial charge in [-0.1, -0.05) is 6.92 Å². The molecular formula is C16H25BrN2O2. The highest BCUT2D eigenvalue weighted by Gasteiger charge is 2.21. The molecular weight excluding hydrogens is 332 g/mol. The second-order valence-electron chi connectivity index (χ2n) is 5.34. The van der Waals surface area contributed by atoms with E-state index in [0.717, 1.165) is 42.2 Å². The molecule has 1 aromatic rings. The zero-order valence-electron chi connectivity index (χ0n) is 13.1. The Morgan fingerprint density at radius 3 is 2.43 bits per heavy atom. The molecule has 0 saturated carbocycles. The number of hydrogen-bond acceptors (Lipinski definition) is 4. The van der Waals surface area contributed by atoms with Crippen molar-refractivity contribution in [2.45, 2.75) is 32.4 Å². The van der Waals surface area contributed by atoms with Gasteiger partial charge in [0.25, 0.3) is 0 Å². The van der Waals surface area contributed by atoms with Crippen LogP contribution >= 0.6 is 15.9 Å². The molecule has 1 aromatic carbocycles. The lowest BCUT2D eigenvalue weighted by Gasteiger charge is -2.34. The Bertz CT molecular complexity index is 462. The molecule has 0 radical (unpaired) electrons. The van der Waals surface area contributed by atoms with Crippen LogP contribution in [0.2, 0.25) is 0 Å². The summed E-state index contributed by atoms with van der Waals surface area (Å²) in [6, 6.07) is 4.72. The highest BCUT2D eigenvalue weighted by molar-refractivity contribution is 9.10. The van der Waals surface area contributed by atoms with Gasteiger partial charge in [-0.15, -0.1) is 0 Å². The van der Waals surface area contributed by atoms with Crippen molar-refractivity contribution in [2.24, 2.45) is 0 Å². The predicted octanol–water partition coefficient (Wildman–Crippen LogP) is 3.04. The molecule has 1 heterocycles. The fourth-order valence-electron chi connectivity index (χ4n) is 2.94. The third-order valence-corrected chi connectivity index (χ3v) is 4.78. The Kier molecular flexibility index (Phi) is 6.33. The first-order valence-corrected chi connectivity index (χ1v) is 8.34. The first-order valence-electron chi connectivity index (χ1n) is 7.54. The molecule has 118 valence electrons. The van der Waals surface area contributed by atoms with Crippen molar-refractivity contribution in [1.82, 2.24) is 10.2 Å². The topological polar surface area (TPSA) is 33.7 Å². The summed E-state index contributed by atoms with van der Waals surface area (Å²) >= 11 is 3.52. The van der Waals surface area contributed by atoms with Gasteiger partial charge >= 0.3 is 0 Å². The Morgan fingerprint density at radius 1 is 1.19 bits per heavy atom. The van der Waals surface area contributed by atoms with Crippen molar-refractivity contribution in [2.75, 3.05) is 33.9 Å². The standard InChI is InChI=1S/C16H25BrN2O2/c1-4-19(13-5-7-18-8-6-13)11-12-9-16(21-3)14(17)10-15(12)20-2/h9-10,13,18H,4-8,11H2,1-3H3. The lowest BCUT2D eigenvalue weighted by molar-refractivity contribution is 0.160. The van der Waals surface area contributed by atoms with Gasteiger partial charge in [-0.3, -0.25) is 4.90 Å². The zero-order valence-corrected chi connectivity index (χ0v) is 14.7. The SMILES string of the molecule is CCN(Cc1cc(OC)c(Br)cc1OC)C1CCNCC1. The van der Waals surface area contributed by atoms with E-state index in [9.17, 15) is 0 Å². The van der Waals surface area contributed by atoms with Crippen molar-refractivity contribution >= 4 is 15.9 Å². The Hall–Kier alpha value is -0.780. The van der Waals surface area contributed by atoms with Gasteiger partial charge < -0.3 is 14.8 Å². The fourth-order valence-corrected chi connectivity index (χ4v) is 3.42. The van der Waals surface area contributed by atoms with Crippen LogP contribution in [0.3, 0.4) is 0 Å². The fraction of sp³-hybridized carbons (Fsp3) is 0.625. The van der Waals surface area contributed by atoms with E-state index in [4.69, 9.17) is 9.47 Å². The highest BCUT2D eigenvalue weighted by atomic mass is 79.9. The van der Waals surface area contributed by atoms with Crippen LogP contribution in [-0.2, 0) is 6.54 Å². The number of hydrogen-bond donors (Lipinski definition) is 1. The Morgan fingerprint density at radius 2 is 1.86 bits per heavy atom. The van der Waals surface area contributed by atoms with Crippen LogP contribution in [-0.4, -0.2) is 44.8 Å². The molecule has 1 aliphatic heterocycles. The normalized spacial score (nSPS) is 16.2. The Balaban J connectivity index is 2.19. The smallest absolute Gasteiger partial charge is 0.133 e. The summed E-state index contributed by atoms with van der Waals surface area (Å²) in [5.41, 5.74) is 1.18. The molecule has 0 unspecified atom stereocenters. The van der Waals surface area contributed by atoms with E-state index >= 15 is 0 Å². The second kappa shape index (κ2) is 8.01. The van der Waals surface area contributed by atoms with Crippen LogP contribution in [0.15, 0.2) is 16.6 Å². The number of halogens is 1. The molecule has 0 spiro atoms. The van der Waals surface area contributed by atoms with E-state index in [1.165, 1.54) is 18.4 Å². The molecule has 0 amide bonds. The minimum Gasteiger partial charge on any atom is -0.496 e. The number of ether oxygens (including phenoxy) is 2. The van der Waals surface area contributed by atoms with E-state index in [2.05, 4.69) is 39.1 Å². The quantitative estimate of drug-likeness (QED) is 0.849. The van der Waals surface area contributed by atoms with Gasteiger partial charge in [0, 0.05) is 18.2 Å². The molecule has 21 heavy (non-hydrogen) atoms. The van der Waals surface area contributed by atoms with Gasteiger partial charge in [-0.25, -0.2) is 0 Å². The summed E-state index contributed by atoms with van der Waals surface area (Å²) < 4.78 is 11.9. The molecule has 1 N–H and O–H groups in total. The minimum atomic E-state index is 0.649. The third kappa shape index (κ3) is 4.11. The molecule has 4 nitrogen and oxygen atoms in total. The summed E-state index contributed by atoms with van der Waals surface area (Å²) in [7, 11) is 3.42. The number of methoxy groups -OCH3 is 2. The predicted molar refractivity (Wildman–Crippen MR) is 89.2 cm³/mol. The average Bonchev–Trinajstić information content (AvgIpc) is 2.54. The van der Waals surface area contributed by atoms with Gasteiger partial charge in [0.2, 0.25) is 0 Å². The lowest BCUT2D eigenvalue weighted by Crippen LogP contribution is -2.42. The maximum atomic E-state index is 5.53. The number of nitrogens with one attached hydrogen (secondary N) is 1. The molecule has 0 bridgehead atoms. The molecule has 1 saturated heterocycles. The average molecular weight is 357 g/mol.